The summed E-state index contributed by atoms with van der Waals surface area (Å²) in [6.07, 6.45) is 1.04. The van der Waals surface area contributed by atoms with Crippen LogP contribution < -0.4 is 15.2 Å². The molecular formula is C26H31N4O6+. The van der Waals surface area contributed by atoms with Crippen LogP contribution in [0.1, 0.15) is 23.6 Å². The number of methoxy groups -OCH3 is 1. The quantitative estimate of drug-likeness (QED) is 0.558. The molecule has 1 aromatic carbocycles. The summed E-state index contributed by atoms with van der Waals surface area (Å²) < 4.78 is 7.09. The molecular weight excluding hydrogens is 464 g/mol. The molecule has 3 aliphatic heterocycles. The van der Waals surface area contributed by atoms with Crippen molar-refractivity contribution in [1.82, 2.24) is 14.4 Å². The highest BCUT2D eigenvalue weighted by Crippen LogP contribution is 2.36. The van der Waals surface area contributed by atoms with Gasteiger partial charge >= 0.3 is 6.03 Å². The van der Waals surface area contributed by atoms with Gasteiger partial charge in [-0.15, -0.1) is 0 Å². The number of phenolic OH excluding ortho intramolecular Hbond substituents is 1. The van der Waals surface area contributed by atoms with Gasteiger partial charge in [-0.2, -0.15) is 0 Å². The molecule has 1 aromatic heterocycles. The van der Waals surface area contributed by atoms with E-state index < -0.39 is 23.3 Å². The van der Waals surface area contributed by atoms with E-state index in [9.17, 15) is 24.3 Å². The highest BCUT2D eigenvalue weighted by molar-refractivity contribution is 6.19. The lowest BCUT2D eigenvalue weighted by atomic mass is 9.75. The molecule has 2 aromatic rings. The van der Waals surface area contributed by atoms with Crippen LogP contribution in [0.3, 0.4) is 0 Å². The average Bonchev–Trinajstić information content (AvgIpc) is 2.87. The number of aromatic nitrogens is 1. The number of piperidine rings is 1. The molecule has 3 atom stereocenters. The number of nitrogens with zero attached hydrogens (tertiary/aromatic N) is 3. The van der Waals surface area contributed by atoms with Crippen molar-refractivity contribution in [3.8, 4) is 11.5 Å². The second-order valence-corrected chi connectivity index (χ2v) is 10.3. The number of aromatic hydroxyl groups is 1. The highest BCUT2D eigenvalue weighted by Gasteiger charge is 2.58. The number of rotatable bonds is 5. The van der Waals surface area contributed by atoms with Crippen molar-refractivity contribution in [2.75, 3.05) is 40.8 Å². The van der Waals surface area contributed by atoms with Gasteiger partial charge in [-0.25, -0.2) is 4.79 Å². The summed E-state index contributed by atoms with van der Waals surface area (Å²) in [6.45, 7) is 2.25. The van der Waals surface area contributed by atoms with Gasteiger partial charge in [0.15, 0.2) is 16.9 Å². The number of carbonyl (C=O) groups is 3. The minimum absolute atomic E-state index is 0.00259. The van der Waals surface area contributed by atoms with Gasteiger partial charge in [-0.1, -0.05) is 12.1 Å². The molecule has 0 aliphatic carbocycles. The number of ether oxygens (including phenoxy) is 1. The highest BCUT2D eigenvalue weighted by atomic mass is 16.5. The van der Waals surface area contributed by atoms with Gasteiger partial charge < -0.3 is 19.3 Å². The molecule has 0 radical (unpaired) electrons. The monoisotopic (exact) mass is 495 g/mol. The number of fused-ring (bicyclic) bond motifs is 4. The third kappa shape index (κ3) is 3.76. The molecule has 4 heterocycles. The molecule has 2 N–H and O–H groups in total. The number of urea groups is 1. The SMILES string of the molecule is COc1cc(CC2(C[NH+]3C[C@H]4C[C@H](C3)c3cccc(=O)n3C4)C(=O)N(C)C(=O)N(C)C2=O)ccc1O. The number of hydrogen-bond acceptors (Lipinski definition) is 6. The number of benzene rings is 1. The second-order valence-electron chi connectivity index (χ2n) is 10.3. The van der Waals surface area contributed by atoms with E-state index in [2.05, 4.69) is 0 Å². The van der Waals surface area contributed by atoms with Crippen molar-refractivity contribution < 1.29 is 29.1 Å². The number of carbonyl (C=O) groups excluding carboxylic acids is 3. The van der Waals surface area contributed by atoms with Crippen LogP contribution in [0.5, 0.6) is 11.5 Å². The minimum Gasteiger partial charge on any atom is -0.504 e. The van der Waals surface area contributed by atoms with E-state index in [1.54, 1.807) is 24.3 Å². The van der Waals surface area contributed by atoms with Gasteiger partial charge in [0, 0.05) is 50.7 Å². The van der Waals surface area contributed by atoms with Gasteiger partial charge in [-0.05, 0) is 30.2 Å². The lowest BCUT2D eigenvalue weighted by molar-refractivity contribution is -0.915. The van der Waals surface area contributed by atoms with Gasteiger partial charge in [0.05, 0.1) is 20.2 Å². The fourth-order valence-electron chi connectivity index (χ4n) is 6.37. The van der Waals surface area contributed by atoms with E-state index in [-0.39, 0.29) is 41.9 Å². The zero-order chi connectivity index (χ0) is 25.8. The fourth-order valence-corrected chi connectivity index (χ4v) is 6.37. The number of hydrogen-bond donors (Lipinski definition) is 2. The number of imide groups is 2. The summed E-state index contributed by atoms with van der Waals surface area (Å²) in [5.74, 6) is -0.436. The number of quaternary nitrogens is 1. The molecule has 0 spiro atoms. The molecule has 36 heavy (non-hydrogen) atoms. The molecule has 190 valence electrons. The number of amides is 4. The van der Waals surface area contributed by atoms with Crippen molar-refractivity contribution in [2.45, 2.75) is 25.3 Å². The lowest BCUT2D eigenvalue weighted by Gasteiger charge is -2.46. The molecule has 2 fully saturated rings. The molecule has 2 saturated heterocycles. The number of phenols is 1. The first-order chi connectivity index (χ1) is 17.1. The molecule has 0 saturated carbocycles. The lowest BCUT2D eigenvalue weighted by Crippen LogP contribution is -3.16. The Labute approximate surface area is 208 Å². The van der Waals surface area contributed by atoms with E-state index >= 15 is 0 Å². The van der Waals surface area contributed by atoms with Crippen LogP contribution in [-0.4, -0.2) is 78.2 Å². The van der Waals surface area contributed by atoms with Crippen LogP contribution in [0.15, 0.2) is 41.2 Å². The standard InChI is InChI=1S/C26H30N4O6/c1-27-23(33)26(24(34)28(2)25(27)35,11-16-7-8-20(31)21(10-16)36-3)15-29-12-17-9-18(14-29)19-5-4-6-22(32)30(19)13-17/h4-8,10,17-18,31H,9,11-15H2,1-3H3/p+1/t17-,18-/m1/s1. The van der Waals surface area contributed by atoms with Crippen LogP contribution in [-0.2, 0) is 22.6 Å². The zero-order valence-electron chi connectivity index (χ0n) is 20.7. The van der Waals surface area contributed by atoms with Crippen LogP contribution in [0.4, 0.5) is 4.79 Å². The Balaban J connectivity index is 1.51. The topological polar surface area (TPSA) is 114 Å². The third-order valence-corrected chi connectivity index (χ3v) is 7.98. The van der Waals surface area contributed by atoms with Crippen LogP contribution in [0.2, 0.25) is 0 Å². The fraction of sp³-hybridized carbons (Fsp3) is 0.462. The third-order valence-electron chi connectivity index (χ3n) is 7.98. The predicted molar refractivity (Wildman–Crippen MR) is 129 cm³/mol. The van der Waals surface area contributed by atoms with Crippen LogP contribution in [0, 0.1) is 11.3 Å². The Morgan fingerprint density at radius 1 is 1.06 bits per heavy atom. The summed E-state index contributed by atoms with van der Waals surface area (Å²) in [5, 5.41) is 10.0. The minimum atomic E-state index is -1.49. The predicted octanol–water partition coefficient (Wildman–Crippen LogP) is -0.156. The van der Waals surface area contributed by atoms with Crippen molar-refractivity contribution in [3.63, 3.8) is 0 Å². The van der Waals surface area contributed by atoms with Gasteiger partial charge in [0.1, 0.15) is 6.54 Å². The van der Waals surface area contributed by atoms with Gasteiger partial charge in [-0.3, -0.25) is 24.2 Å². The van der Waals surface area contributed by atoms with Gasteiger partial charge in [0.2, 0.25) is 0 Å². The first-order valence-electron chi connectivity index (χ1n) is 12.1. The smallest absolute Gasteiger partial charge is 0.332 e. The molecule has 1 unspecified atom stereocenters. The van der Waals surface area contributed by atoms with Crippen LogP contribution >= 0.6 is 0 Å². The Morgan fingerprint density at radius 3 is 2.47 bits per heavy atom. The molecule has 3 aliphatic rings. The largest absolute Gasteiger partial charge is 0.504 e. The van der Waals surface area contributed by atoms with Gasteiger partial charge in [0.25, 0.3) is 17.4 Å². The summed E-state index contributed by atoms with van der Waals surface area (Å²) in [6, 6.07) is 9.47. The molecule has 2 bridgehead atoms. The number of barbiturate groups is 1. The van der Waals surface area contributed by atoms with E-state index in [1.807, 2.05) is 10.6 Å². The van der Waals surface area contributed by atoms with E-state index in [4.69, 9.17) is 4.74 Å². The first kappa shape index (κ1) is 24.1. The summed E-state index contributed by atoms with van der Waals surface area (Å²) in [7, 11) is 4.25. The second kappa shape index (κ2) is 8.77. The summed E-state index contributed by atoms with van der Waals surface area (Å²) >= 11 is 0. The summed E-state index contributed by atoms with van der Waals surface area (Å²) in [4.78, 5) is 55.6. The number of nitrogens with one attached hydrogen (secondary N) is 1. The maximum Gasteiger partial charge on any atom is 0.332 e. The average molecular weight is 496 g/mol. The molecule has 5 rings (SSSR count). The Bertz CT molecular complexity index is 1280. The van der Waals surface area contributed by atoms with E-state index in [0.29, 0.717) is 18.7 Å². The number of pyridine rings is 1. The first-order valence-corrected chi connectivity index (χ1v) is 12.1. The van der Waals surface area contributed by atoms with E-state index in [0.717, 1.165) is 33.4 Å². The summed E-state index contributed by atoms with van der Waals surface area (Å²) in [5.41, 5.74) is 0.161. The normalized spacial score (nSPS) is 25.1. The van der Waals surface area contributed by atoms with Crippen molar-refractivity contribution in [1.29, 1.82) is 0 Å². The Kier molecular flexibility index (Phi) is 5.86. The molecule has 4 amide bonds. The van der Waals surface area contributed by atoms with E-state index in [1.165, 1.54) is 27.3 Å². The maximum absolute atomic E-state index is 13.7. The maximum atomic E-state index is 13.7. The van der Waals surface area contributed by atoms with Crippen molar-refractivity contribution >= 4 is 17.8 Å². The Hall–Kier alpha value is -3.66. The Morgan fingerprint density at radius 2 is 1.78 bits per heavy atom. The number of likely N-dealkylation sites (tertiary alicyclic amines) is 1. The zero-order valence-corrected chi connectivity index (χ0v) is 20.7. The van der Waals surface area contributed by atoms with Crippen molar-refractivity contribution in [3.05, 3.63) is 58.0 Å². The van der Waals surface area contributed by atoms with Crippen LogP contribution in [0.25, 0.3) is 0 Å². The molecule has 10 heteroatoms. The molecule has 10 nitrogen and oxygen atoms in total. The van der Waals surface area contributed by atoms with Crippen molar-refractivity contribution in [2.24, 2.45) is 11.3 Å².